The number of fused-ring (bicyclic) bond motifs is 1. The van der Waals surface area contributed by atoms with Gasteiger partial charge in [0.15, 0.2) is 0 Å². The van der Waals surface area contributed by atoms with Crippen LogP contribution in [0.1, 0.15) is 29.8 Å². The van der Waals surface area contributed by atoms with Gasteiger partial charge in [-0.1, -0.05) is 38.1 Å². The predicted octanol–water partition coefficient (Wildman–Crippen LogP) is 3.90. The number of Topliss-reactive ketones (excluding diaryl/α,β-unsaturated/α-hetero) is 1. The molecule has 2 aliphatic rings. The van der Waals surface area contributed by atoms with E-state index in [4.69, 9.17) is 4.18 Å². The van der Waals surface area contributed by atoms with Gasteiger partial charge in [-0.05, 0) is 23.6 Å². The van der Waals surface area contributed by atoms with E-state index < -0.39 is 0 Å². The van der Waals surface area contributed by atoms with Crippen LogP contribution in [-0.4, -0.2) is 5.78 Å². The zero-order valence-corrected chi connectivity index (χ0v) is 11.2. The molecule has 1 aliphatic heterocycles. The third-order valence-corrected chi connectivity index (χ3v) is 4.14. The molecule has 0 N–H and O–H groups in total. The third-order valence-electron chi connectivity index (χ3n) is 3.25. The minimum absolute atomic E-state index is 0.0934. The van der Waals surface area contributed by atoms with Crippen molar-refractivity contribution in [2.75, 3.05) is 0 Å². The van der Waals surface area contributed by atoms with Crippen molar-refractivity contribution in [2.45, 2.75) is 20.3 Å². The highest BCUT2D eigenvalue weighted by Gasteiger charge is 2.29. The average Bonchev–Trinajstić information content (AvgIpc) is 2.38. The smallest absolute Gasteiger partial charge is 0.203 e. The Bertz CT molecular complexity index is 582. The summed E-state index contributed by atoms with van der Waals surface area (Å²) in [4.78, 5) is 13.1. The maximum Gasteiger partial charge on any atom is 0.203 e. The summed E-state index contributed by atoms with van der Waals surface area (Å²) >= 11 is 1.22. The van der Waals surface area contributed by atoms with Gasteiger partial charge < -0.3 is 4.18 Å². The molecule has 0 bridgehead atoms. The molecule has 0 fully saturated rings. The molecule has 0 aromatic heterocycles. The van der Waals surface area contributed by atoms with Gasteiger partial charge >= 0.3 is 0 Å². The normalized spacial score (nSPS) is 18.2. The zero-order chi connectivity index (χ0) is 12.7. The van der Waals surface area contributed by atoms with Crippen LogP contribution in [0.5, 0.6) is 0 Å². The van der Waals surface area contributed by atoms with Gasteiger partial charge in [0.05, 0.1) is 16.9 Å². The molecule has 1 aliphatic carbocycles. The number of carbonyl (C=O) groups is 1. The lowest BCUT2D eigenvalue weighted by Crippen LogP contribution is -2.17. The molecule has 3 rings (SSSR count). The number of rotatable bonds is 1. The van der Waals surface area contributed by atoms with E-state index in [-0.39, 0.29) is 5.78 Å². The minimum atomic E-state index is 0.0934. The quantitative estimate of drug-likeness (QED) is 0.715. The Morgan fingerprint density at radius 1 is 1.28 bits per heavy atom. The summed E-state index contributed by atoms with van der Waals surface area (Å²) in [6.45, 7) is 4.19. The number of ketones is 1. The van der Waals surface area contributed by atoms with E-state index in [1.807, 2.05) is 30.3 Å². The number of carbonyl (C=O) groups excluding carboxylic acids is 1. The van der Waals surface area contributed by atoms with E-state index in [0.29, 0.717) is 5.92 Å². The Kier molecular flexibility index (Phi) is 2.78. The Hall–Kier alpha value is -1.48. The Morgan fingerprint density at radius 2 is 2.06 bits per heavy atom. The predicted molar refractivity (Wildman–Crippen MR) is 73.1 cm³/mol. The van der Waals surface area contributed by atoms with E-state index in [2.05, 4.69) is 13.8 Å². The van der Waals surface area contributed by atoms with Gasteiger partial charge in [-0.3, -0.25) is 4.79 Å². The van der Waals surface area contributed by atoms with Gasteiger partial charge in [0, 0.05) is 11.5 Å². The zero-order valence-electron chi connectivity index (χ0n) is 10.4. The fourth-order valence-electron chi connectivity index (χ4n) is 2.21. The summed E-state index contributed by atoms with van der Waals surface area (Å²) in [5, 5.41) is 0. The molecule has 0 saturated carbocycles. The number of hydrogen-bond donors (Lipinski definition) is 0. The van der Waals surface area contributed by atoms with E-state index in [9.17, 15) is 4.79 Å². The van der Waals surface area contributed by atoms with Crippen molar-refractivity contribution >= 4 is 17.8 Å². The van der Waals surface area contributed by atoms with Gasteiger partial charge in [-0.2, -0.15) is 0 Å². The number of benzene rings is 1. The fourth-order valence-corrected chi connectivity index (χ4v) is 3.05. The van der Waals surface area contributed by atoms with Gasteiger partial charge in [0.2, 0.25) is 5.78 Å². The molecule has 0 atom stereocenters. The second-order valence-electron chi connectivity index (χ2n) is 4.89. The van der Waals surface area contributed by atoms with Crippen molar-refractivity contribution in [1.82, 2.24) is 0 Å². The lowest BCUT2D eigenvalue weighted by atomic mass is 9.89. The van der Waals surface area contributed by atoms with Gasteiger partial charge in [0.25, 0.3) is 0 Å². The van der Waals surface area contributed by atoms with Crippen LogP contribution in [0, 0.1) is 5.92 Å². The highest BCUT2D eigenvalue weighted by molar-refractivity contribution is 7.99. The van der Waals surface area contributed by atoms with Gasteiger partial charge in [-0.25, -0.2) is 0 Å². The van der Waals surface area contributed by atoms with E-state index in [1.54, 1.807) is 0 Å². The SMILES string of the molecule is CC(C)C1=CC2=C(SO1)C(=O)c1ccccc1C2. The van der Waals surface area contributed by atoms with Crippen LogP contribution >= 0.6 is 12.0 Å². The first-order valence-electron chi connectivity index (χ1n) is 6.08. The summed E-state index contributed by atoms with van der Waals surface area (Å²) in [6.07, 6.45) is 2.86. The van der Waals surface area contributed by atoms with Crippen molar-refractivity contribution in [1.29, 1.82) is 0 Å². The minimum Gasteiger partial charge on any atom is -0.425 e. The maximum atomic E-state index is 12.3. The van der Waals surface area contributed by atoms with Crippen molar-refractivity contribution in [3.63, 3.8) is 0 Å². The van der Waals surface area contributed by atoms with Gasteiger partial charge in [-0.15, -0.1) is 0 Å². The molecule has 0 unspecified atom stereocenters. The first kappa shape index (κ1) is 11.6. The van der Waals surface area contributed by atoms with Crippen LogP contribution in [0.25, 0.3) is 0 Å². The van der Waals surface area contributed by atoms with Crippen molar-refractivity contribution in [3.8, 4) is 0 Å². The lowest BCUT2D eigenvalue weighted by molar-refractivity contribution is 0.103. The molecular formula is C15H14O2S. The van der Waals surface area contributed by atoms with Gasteiger partial charge in [0.1, 0.15) is 5.76 Å². The molecule has 0 amide bonds. The highest BCUT2D eigenvalue weighted by Crippen LogP contribution is 2.40. The molecule has 1 heterocycles. The molecule has 1 aromatic carbocycles. The molecule has 1 aromatic rings. The fraction of sp³-hybridized carbons (Fsp3) is 0.267. The molecule has 3 heteroatoms. The van der Waals surface area contributed by atoms with Crippen molar-refractivity contribution < 1.29 is 8.98 Å². The molecule has 92 valence electrons. The molecule has 0 spiro atoms. The Morgan fingerprint density at radius 3 is 2.83 bits per heavy atom. The number of allylic oxidation sites excluding steroid dienone is 4. The van der Waals surface area contributed by atoms with Crippen LogP contribution in [0.2, 0.25) is 0 Å². The molecule has 0 saturated heterocycles. The van der Waals surface area contributed by atoms with Crippen LogP contribution in [0.15, 0.2) is 46.6 Å². The standard InChI is InChI=1S/C15H14O2S/c1-9(2)13-8-11-7-10-5-3-4-6-12(10)14(16)15(11)18-17-13/h3-6,8-9H,7H2,1-2H3. The summed E-state index contributed by atoms with van der Waals surface area (Å²) in [7, 11) is 0. The summed E-state index contributed by atoms with van der Waals surface area (Å²) < 4.78 is 5.59. The van der Waals surface area contributed by atoms with Crippen LogP contribution in [0.4, 0.5) is 0 Å². The first-order chi connectivity index (χ1) is 8.66. The van der Waals surface area contributed by atoms with Crippen LogP contribution in [0.3, 0.4) is 0 Å². The summed E-state index contributed by atoms with van der Waals surface area (Å²) in [6, 6.07) is 7.81. The molecular weight excluding hydrogens is 244 g/mol. The van der Waals surface area contributed by atoms with Crippen molar-refractivity contribution in [2.24, 2.45) is 5.92 Å². The van der Waals surface area contributed by atoms with E-state index in [1.165, 1.54) is 12.0 Å². The molecule has 0 radical (unpaired) electrons. The Labute approximate surface area is 111 Å². The first-order valence-corrected chi connectivity index (χ1v) is 6.83. The second-order valence-corrected chi connectivity index (χ2v) is 5.63. The molecule has 2 nitrogen and oxygen atoms in total. The highest BCUT2D eigenvalue weighted by atomic mass is 32.2. The van der Waals surface area contributed by atoms with Crippen molar-refractivity contribution in [3.05, 3.63) is 57.7 Å². The Balaban J connectivity index is 2.05. The maximum absolute atomic E-state index is 12.3. The van der Waals surface area contributed by atoms with E-state index in [0.717, 1.165) is 33.8 Å². The third kappa shape index (κ3) is 1.79. The largest absolute Gasteiger partial charge is 0.425 e. The summed E-state index contributed by atoms with van der Waals surface area (Å²) in [5.74, 6) is 1.39. The second kappa shape index (κ2) is 4.32. The average molecular weight is 258 g/mol. The number of hydrogen-bond acceptors (Lipinski definition) is 3. The monoisotopic (exact) mass is 258 g/mol. The van der Waals surface area contributed by atoms with E-state index >= 15 is 0 Å². The topological polar surface area (TPSA) is 26.3 Å². The summed E-state index contributed by atoms with van der Waals surface area (Å²) in [5.41, 5.74) is 3.02. The van der Waals surface area contributed by atoms with Crippen LogP contribution < -0.4 is 0 Å². The van der Waals surface area contributed by atoms with Crippen LogP contribution in [-0.2, 0) is 10.6 Å². The molecule has 18 heavy (non-hydrogen) atoms. The lowest BCUT2D eigenvalue weighted by Gasteiger charge is -2.25.